The predicted octanol–water partition coefficient (Wildman–Crippen LogP) is 1.59. The zero-order valence-corrected chi connectivity index (χ0v) is 13.9. The number of nitrogens with zero attached hydrogens (tertiary/aromatic N) is 3. The number of methoxy groups -OCH3 is 1. The third-order valence-corrected chi connectivity index (χ3v) is 4.08. The Balaban J connectivity index is 2.16. The summed E-state index contributed by atoms with van der Waals surface area (Å²) in [5, 5.41) is 0. The molecule has 0 spiro atoms. The fraction of sp³-hybridized carbons (Fsp3) is 0.471. The zero-order chi connectivity index (χ0) is 17.0. The minimum absolute atomic E-state index is 0.0243. The standard InChI is InChI=1S/C17H23N3O3/c1-5-16(21)20-10-9-19(11-14(20)12(2)3)17(22)13-7-6-8-15(18-13)23-4/h5-8,12,14H,1,9-11H2,2-4H3/t14-/m1/s1. The molecule has 1 fully saturated rings. The summed E-state index contributed by atoms with van der Waals surface area (Å²) in [4.78, 5) is 32.4. The van der Waals surface area contributed by atoms with Crippen molar-refractivity contribution in [2.24, 2.45) is 5.92 Å². The van der Waals surface area contributed by atoms with Gasteiger partial charge in [0.2, 0.25) is 11.8 Å². The predicted molar refractivity (Wildman–Crippen MR) is 87.2 cm³/mol. The van der Waals surface area contributed by atoms with Crippen molar-refractivity contribution in [3.8, 4) is 5.88 Å². The van der Waals surface area contributed by atoms with Gasteiger partial charge in [-0.1, -0.05) is 26.5 Å². The van der Waals surface area contributed by atoms with Crippen molar-refractivity contribution in [3.05, 3.63) is 36.5 Å². The summed E-state index contributed by atoms with van der Waals surface area (Å²) in [6.45, 7) is 9.13. The number of hydrogen-bond acceptors (Lipinski definition) is 4. The molecule has 2 rings (SSSR count). The van der Waals surface area contributed by atoms with Crippen molar-refractivity contribution >= 4 is 11.8 Å². The number of pyridine rings is 1. The van der Waals surface area contributed by atoms with Gasteiger partial charge in [0.15, 0.2) is 0 Å². The average Bonchev–Trinajstić information content (AvgIpc) is 2.59. The second kappa shape index (κ2) is 7.26. The van der Waals surface area contributed by atoms with Gasteiger partial charge in [-0.05, 0) is 18.1 Å². The number of rotatable bonds is 4. The molecule has 1 aliphatic heterocycles. The summed E-state index contributed by atoms with van der Waals surface area (Å²) >= 11 is 0. The van der Waals surface area contributed by atoms with Crippen LogP contribution in [0.1, 0.15) is 24.3 Å². The maximum absolute atomic E-state index is 12.7. The Morgan fingerprint density at radius 2 is 2.13 bits per heavy atom. The fourth-order valence-electron chi connectivity index (χ4n) is 2.77. The highest BCUT2D eigenvalue weighted by Gasteiger charge is 2.33. The van der Waals surface area contributed by atoms with Crippen LogP contribution in [0.4, 0.5) is 0 Å². The van der Waals surface area contributed by atoms with Crippen LogP contribution in [0.5, 0.6) is 5.88 Å². The smallest absolute Gasteiger partial charge is 0.272 e. The maximum Gasteiger partial charge on any atom is 0.272 e. The van der Waals surface area contributed by atoms with Crippen LogP contribution in [0.15, 0.2) is 30.9 Å². The van der Waals surface area contributed by atoms with E-state index in [-0.39, 0.29) is 23.8 Å². The van der Waals surface area contributed by atoms with E-state index in [4.69, 9.17) is 4.74 Å². The SMILES string of the molecule is C=CC(=O)N1CCN(C(=O)c2cccc(OC)n2)C[C@@H]1C(C)C. The van der Waals surface area contributed by atoms with E-state index in [0.717, 1.165) is 0 Å². The van der Waals surface area contributed by atoms with E-state index in [1.807, 2.05) is 13.8 Å². The molecule has 124 valence electrons. The van der Waals surface area contributed by atoms with Gasteiger partial charge in [0.25, 0.3) is 5.91 Å². The second-order valence-electron chi connectivity index (χ2n) is 5.86. The normalized spacial score (nSPS) is 18.0. The van der Waals surface area contributed by atoms with Crippen LogP contribution in [0.3, 0.4) is 0 Å². The number of hydrogen-bond donors (Lipinski definition) is 0. The van der Waals surface area contributed by atoms with E-state index in [1.165, 1.54) is 13.2 Å². The minimum atomic E-state index is -0.139. The molecule has 1 aromatic heterocycles. The van der Waals surface area contributed by atoms with E-state index in [0.29, 0.717) is 31.2 Å². The first-order chi connectivity index (χ1) is 11.0. The third kappa shape index (κ3) is 3.70. The van der Waals surface area contributed by atoms with Crippen LogP contribution >= 0.6 is 0 Å². The Morgan fingerprint density at radius 3 is 2.74 bits per heavy atom. The second-order valence-corrected chi connectivity index (χ2v) is 5.86. The monoisotopic (exact) mass is 317 g/mol. The van der Waals surface area contributed by atoms with Crippen LogP contribution in [0.25, 0.3) is 0 Å². The number of ether oxygens (including phenoxy) is 1. The van der Waals surface area contributed by atoms with Crippen molar-refractivity contribution in [3.63, 3.8) is 0 Å². The fourth-order valence-corrected chi connectivity index (χ4v) is 2.77. The third-order valence-electron chi connectivity index (χ3n) is 4.08. The molecule has 2 amide bonds. The van der Waals surface area contributed by atoms with Gasteiger partial charge in [0.1, 0.15) is 5.69 Å². The van der Waals surface area contributed by atoms with Crippen LogP contribution in [0, 0.1) is 5.92 Å². The number of piperazine rings is 1. The van der Waals surface area contributed by atoms with Crippen LogP contribution in [-0.2, 0) is 4.79 Å². The molecule has 0 N–H and O–H groups in total. The van der Waals surface area contributed by atoms with Gasteiger partial charge in [-0.15, -0.1) is 0 Å². The van der Waals surface area contributed by atoms with Gasteiger partial charge >= 0.3 is 0 Å². The Bertz CT molecular complexity index is 601. The topological polar surface area (TPSA) is 62.7 Å². The lowest BCUT2D eigenvalue weighted by atomic mass is 9.99. The van der Waals surface area contributed by atoms with Gasteiger partial charge in [-0.3, -0.25) is 9.59 Å². The molecule has 1 saturated heterocycles. The Hall–Kier alpha value is -2.37. The summed E-state index contributed by atoms with van der Waals surface area (Å²) < 4.78 is 5.07. The van der Waals surface area contributed by atoms with Gasteiger partial charge in [0, 0.05) is 25.7 Å². The maximum atomic E-state index is 12.7. The van der Waals surface area contributed by atoms with Crippen LogP contribution in [0.2, 0.25) is 0 Å². The molecule has 23 heavy (non-hydrogen) atoms. The molecule has 1 aliphatic rings. The summed E-state index contributed by atoms with van der Waals surface area (Å²) in [6.07, 6.45) is 1.33. The minimum Gasteiger partial charge on any atom is -0.481 e. The molecule has 0 aromatic carbocycles. The van der Waals surface area contributed by atoms with Crippen molar-refractivity contribution in [1.29, 1.82) is 0 Å². The van der Waals surface area contributed by atoms with Crippen molar-refractivity contribution in [1.82, 2.24) is 14.8 Å². The first-order valence-corrected chi connectivity index (χ1v) is 7.71. The van der Waals surface area contributed by atoms with Crippen molar-refractivity contribution in [2.75, 3.05) is 26.7 Å². The molecule has 0 saturated carbocycles. The molecule has 1 atom stereocenters. The molecule has 0 aliphatic carbocycles. The van der Waals surface area contributed by atoms with E-state index in [9.17, 15) is 9.59 Å². The largest absolute Gasteiger partial charge is 0.481 e. The Morgan fingerprint density at radius 1 is 1.39 bits per heavy atom. The lowest BCUT2D eigenvalue weighted by molar-refractivity contribution is -0.131. The van der Waals surface area contributed by atoms with E-state index >= 15 is 0 Å². The van der Waals surface area contributed by atoms with Crippen molar-refractivity contribution in [2.45, 2.75) is 19.9 Å². The Kier molecular flexibility index (Phi) is 5.36. The van der Waals surface area contributed by atoms with E-state index in [1.54, 1.807) is 28.0 Å². The Labute approximate surface area is 136 Å². The molecular formula is C17H23N3O3. The van der Waals surface area contributed by atoms with Crippen LogP contribution < -0.4 is 4.74 Å². The summed E-state index contributed by atoms with van der Waals surface area (Å²) in [5.74, 6) is 0.431. The molecule has 0 unspecified atom stereocenters. The van der Waals surface area contributed by atoms with Gasteiger partial charge in [-0.25, -0.2) is 4.98 Å². The van der Waals surface area contributed by atoms with Gasteiger partial charge in [0.05, 0.1) is 13.2 Å². The highest BCUT2D eigenvalue weighted by molar-refractivity contribution is 5.93. The van der Waals surface area contributed by atoms with Crippen molar-refractivity contribution < 1.29 is 14.3 Å². The number of aromatic nitrogens is 1. The summed E-state index contributed by atoms with van der Waals surface area (Å²) in [5.41, 5.74) is 0.357. The van der Waals surface area contributed by atoms with E-state index < -0.39 is 0 Å². The molecule has 6 heteroatoms. The first kappa shape index (κ1) is 17.0. The highest BCUT2D eigenvalue weighted by Crippen LogP contribution is 2.19. The lowest BCUT2D eigenvalue weighted by Crippen LogP contribution is -2.58. The molecule has 0 radical (unpaired) electrons. The van der Waals surface area contributed by atoms with Gasteiger partial charge < -0.3 is 14.5 Å². The van der Waals surface area contributed by atoms with E-state index in [2.05, 4.69) is 11.6 Å². The first-order valence-electron chi connectivity index (χ1n) is 7.71. The summed E-state index contributed by atoms with van der Waals surface area (Å²) in [7, 11) is 1.52. The van der Waals surface area contributed by atoms with Crippen LogP contribution in [-0.4, -0.2) is 59.4 Å². The van der Waals surface area contributed by atoms with Gasteiger partial charge in [-0.2, -0.15) is 0 Å². The number of amides is 2. The number of carbonyl (C=O) groups is 2. The molecule has 1 aromatic rings. The molecule has 2 heterocycles. The highest BCUT2D eigenvalue weighted by atomic mass is 16.5. The number of carbonyl (C=O) groups excluding carboxylic acids is 2. The average molecular weight is 317 g/mol. The molecule has 6 nitrogen and oxygen atoms in total. The zero-order valence-electron chi connectivity index (χ0n) is 13.9. The lowest BCUT2D eigenvalue weighted by Gasteiger charge is -2.42. The quantitative estimate of drug-likeness (QED) is 0.791. The molecule has 0 bridgehead atoms. The summed E-state index contributed by atoms with van der Waals surface area (Å²) in [6, 6.07) is 5.10. The molecular weight excluding hydrogens is 294 g/mol.